The molecule has 4 heteroatoms. The monoisotopic (exact) mass is 290 g/mol. The Hall–Kier alpha value is -1.55. The minimum Gasteiger partial charge on any atom is -0.372 e. The average Bonchev–Trinajstić information content (AvgIpc) is 2.92. The van der Waals surface area contributed by atoms with Gasteiger partial charge >= 0.3 is 0 Å². The van der Waals surface area contributed by atoms with E-state index in [0.29, 0.717) is 0 Å². The third-order valence-corrected chi connectivity index (χ3v) is 3.59. The molecule has 1 aromatic rings. The fourth-order valence-electron chi connectivity index (χ4n) is 2.43. The predicted molar refractivity (Wildman–Crippen MR) is 87.0 cm³/mol. The van der Waals surface area contributed by atoms with Crippen LogP contribution in [0.3, 0.4) is 0 Å². The maximum Gasteiger partial charge on any atom is 0.250 e. The highest BCUT2D eigenvalue weighted by atomic mass is 16.5. The number of carbonyl (C=O) groups excluding carboxylic acids is 1. The van der Waals surface area contributed by atoms with E-state index in [1.165, 1.54) is 18.5 Å². The molecule has 0 aromatic heterocycles. The largest absolute Gasteiger partial charge is 0.372 e. The van der Waals surface area contributed by atoms with Gasteiger partial charge in [-0.15, -0.1) is 0 Å². The van der Waals surface area contributed by atoms with Gasteiger partial charge in [0.15, 0.2) is 0 Å². The van der Waals surface area contributed by atoms with E-state index < -0.39 is 0 Å². The standard InChI is InChI=1S/C17H26N2O2/c1-13-11-14(19-9-5-6-10-19)7-8-15(13)18-16(20)12-21-17(2,3)4/h7-8,11H,5-6,9-10,12H2,1-4H3,(H,18,20). The third-order valence-electron chi connectivity index (χ3n) is 3.59. The molecule has 1 aliphatic heterocycles. The lowest BCUT2D eigenvalue weighted by atomic mass is 10.1. The number of hydrogen-bond acceptors (Lipinski definition) is 3. The van der Waals surface area contributed by atoms with Crippen molar-refractivity contribution in [3.63, 3.8) is 0 Å². The number of carbonyl (C=O) groups is 1. The van der Waals surface area contributed by atoms with Crippen LogP contribution in [-0.4, -0.2) is 31.2 Å². The molecule has 0 bridgehead atoms. The minimum atomic E-state index is -0.300. The van der Waals surface area contributed by atoms with Crippen LogP contribution in [0.25, 0.3) is 0 Å². The molecule has 21 heavy (non-hydrogen) atoms. The van der Waals surface area contributed by atoms with E-state index in [-0.39, 0.29) is 18.1 Å². The molecule has 4 nitrogen and oxygen atoms in total. The van der Waals surface area contributed by atoms with Crippen LogP contribution in [0.1, 0.15) is 39.2 Å². The summed E-state index contributed by atoms with van der Waals surface area (Å²) in [5.74, 6) is -0.109. The Bertz CT molecular complexity index is 500. The van der Waals surface area contributed by atoms with Crippen molar-refractivity contribution >= 4 is 17.3 Å². The van der Waals surface area contributed by atoms with Gasteiger partial charge in [-0.25, -0.2) is 0 Å². The van der Waals surface area contributed by atoms with Crippen LogP contribution in [0.2, 0.25) is 0 Å². The zero-order valence-electron chi connectivity index (χ0n) is 13.5. The van der Waals surface area contributed by atoms with Crippen molar-refractivity contribution in [2.45, 2.75) is 46.1 Å². The fraction of sp³-hybridized carbons (Fsp3) is 0.588. The predicted octanol–water partition coefficient (Wildman–Crippen LogP) is 3.35. The Balaban J connectivity index is 1.96. The highest BCUT2D eigenvalue weighted by Crippen LogP contribution is 2.25. The van der Waals surface area contributed by atoms with E-state index in [0.717, 1.165) is 24.3 Å². The SMILES string of the molecule is Cc1cc(N2CCCC2)ccc1NC(=O)COC(C)(C)C. The Kier molecular flexibility index (Phi) is 4.88. The molecule has 1 amide bonds. The van der Waals surface area contributed by atoms with Gasteiger partial charge in [-0.2, -0.15) is 0 Å². The zero-order chi connectivity index (χ0) is 15.5. The first kappa shape index (κ1) is 15.8. The van der Waals surface area contributed by atoms with Crippen molar-refractivity contribution in [1.82, 2.24) is 0 Å². The molecule has 1 N–H and O–H groups in total. The number of hydrogen-bond donors (Lipinski definition) is 1. The molecule has 0 unspecified atom stereocenters. The number of nitrogens with one attached hydrogen (secondary N) is 1. The molecule has 116 valence electrons. The van der Waals surface area contributed by atoms with Gasteiger partial charge in [0.2, 0.25) is 5.91 Å². The Labute approximate surface area is 127 Å². The van der Waals surface area contributed by atoms with Gasteiger partial charge in [0.25, 0.3) is 0 Å². The normalized spacial score (nSPS) is 15.3. The van der Waals surface area contributed by atoms with Gasteiger partial charge in [0.1, 0.15) is 6.61 Å². The summed E-state index contributed by atoms with van der Waals surface area (Å²) in [6, 6.07) is 6.21. The van der Waals surface area contributed by atoms with Crippen LogP contribution in [0.4, 0.5) is 11.4 Å². The second-order valence-corrected chi connectivity index (χ2v) is 6.64. The van der Waals surface area contributed by atoms with Crippen LogP contribution in [0, 0.1) is 6.92 Å². The van der Waals surface area contributed by atoms with Crippen LogP contribution >= 0.6 is 0 Å². The number of anilines is 2. The first-order valence-electron chi connectivity index (χ1n) is 7.64. The summed E-state index contributed by atoms with van der Waals surface area (Å²) < 4.78 is 5.49. The topological polar surface area (TPSA) is 41.6 Å². The van der Waals surface area contributed by atoms with Crippen LogP contribution in [0.5, 0.6) is 0 Å². The molecule has 1 aromatic carbocycles. The van der Waals surface area contributed by atoms with E-state index in [2.05, 4.69) is 22.3 Å². The molecule has 0 aliphatic carbocycles. The van der Waals surface area contributed by atoms with Crippen molar-refractivity contribution in [1.29, 1.82) is 0 Å². The lowest BCUT2D eigenvalue weighted by Gasteiger charge is -2.20. The molecule has 1 heterocycles. The Morgan fingerprint density at radius 1 is 1.29 bits per heavy atom. The molecule has 0 atom stereocenters. The molecule has 1 saturated heterocycles. The molecule has 1 aliphatic rings. The zero-order valence-corrected chi connectivity index (χ0v) is 13.5. The smallest absolute Gasteiger partial charge is 0.250 e. The highest BCUT2D eigenvalue weighted by molar-refractivity contribution is 5.92. The number of nitrogens with zero attached hydrogens (tertiary/aromatic N) is 1. The second kappa shape index (κ2) is 6.48. The van der Waals surface area contributed by atoms with Crippen LogP contribution in [-0.2, 0) is 9.53 Å². The van der Waals surface area contributed by atoms with Crippen LogP contribution in [0.15, 0.2) is 18.2 Å². The highest BCUT2D eigenvalue weighted by Gasteiger charge is 2.15. The van der Waals surface area contributed by atoms with Gasteiger partial charge in [-0.3, -0.25) is 4.79 Å². The summed E-state index contributed by atoms with van der Waals surface area (Å²) in [6.45, 7) is 10.2. The lowest BCUT2D eigenvalue weighted by molar-refractivity contribution is -0.125. The molecular formula is C17H26N2O2. The summed E-state index contributed by atoms with van der Waals surface area (Å²) in [5, 5.41) is 2.92. The maximum absolute atomic E-state index is 11.9. The average molecular weight is 290 g/mol. The number of aryl methyl sites for hydroxylation is 1. The number of amides is 1. The molecule has 0 radical (unpaired) electrons. The molecule has 0 saturated carbocycles. The first-order valence-corrected chi connectivity index (χ1v) is 7.64. The van der Waals surface area contributed by atoms with E-state index in [4.69, 9.17) is 4.74 Å². The number of ether oxygens (including phenoxy) is 1. The lowest BCUT2D eigenvalue weighted by Crippen LogP contribution is -2.27. The third kappa shape index (κ3) is 4.74. The van der Waals surface area contributed by atoms with Gasteiger partial charge in [-0.05, 0) is 64.3 Å². The van der Waals surface area contributed by atoms with Crippen molar-refractivity contribution < 1.29 is 9.53 Å². The van der Waals surface area contributed by atoms with E-state index in [1.807, 2.05) is 33.8 Å². The van der Waals surface area contributed by atoms with Crippen LogP contribution < -0.4 is 10.2 Å². The second-order valence-electron chi connectivity index (χ2n) is 6.64. The van der Waals surface area contributed by atoms with E-state index in [1.54, 1.807) is 0 Å². The summed E-state index contributed by atoms with van der Waals surface area (Å²) in [7, 11) is 0. The fourth-order valence-corrected chi connectivity index (χ4v) is 2.43. The number of rotatable bonds is 4. The van der Waals surface area contributed by atoms with Crippen molar-refractivity contribution in [2.75, 3.05) is 29.9 Å². The molecular weight excluding hydrogens is 264 g/mol. The summed E-state index contributed by atoms with van der Waals surface area (Å²) in [6.07, 6.45) is 2.53. The molecule has 1 fully saturated rings. The summed E-state index contributed by atoms with van der Waals surface area (Å²) in [5.41, 5.74) is 2.89. The van der Waals surface area contributed by atoms with E-state index in [9.17, 15) is 4.79 Å². The summed E-state index contributed by atoms with van der Waals surface area (Å²) >= 11 is 0. The van der Waals surface area contributed by atoms with Gasteiger partial charge in [0.05, 0.1) is 5.60 Å². The minimum absolute atomic E-state index is 0.0802. The Morgan fingerprint density at radius 2 is 1.95 bits per heavy atom. The molecule has 0 spiro atoms. The molecule has 2 rings (SSSR count). The van der Waals surface area contributed by atoms with Crippen molar-refractivity contribution in [2.24, 2.45) is 0 Å². The maximum atomic E-state index is 11.9. The van der Waals surface area contributed by atoms with Crippen molar-refractivity contribution in [3.8, 4) is 0 Å². The number of benzene rings is 1. The van der Waals surface area contributed by atoms with Crippen molar-refractivity contribution in [3.05, 3.63) is 23.8 Å². The van der Waals surface area contributed by atoms with Gasteiger partial charge in [-0.1, -0.05) is 0 Å². The van der Waals surface area contributed by atoms with Gasteiger partial charge < -0.3 is 15.0 Å². The first-order chi connectivity index (χ1) is 9.85. The van der Waals surface area contributed by atoms with E-state index >= 15 is 0 Å². The quantitative estimate of drug-likeness (QED) is 0.924. The Morgan fingerprint density at radius 3 is 2.52 bits per heavy atom. The summed E-state index contributed by atoms with van der Waals surface area (Å²) in [4.78, 5) is 14.3. The van der Waals surface area contributed by atoms with Gasteiger partial charge in [0, 0.05) is 24.5 Å².